The molecule has 0 fully saturated rings. The van der Waals surface area contributed by atoms with Crippen LogP contribution in [0.4, 0.5) is 0 Å². The monoisotopic (exact) mass is 346 g/mol. The Bertz CT molecular complexity index is 761. The normalized spacial score (nSPS) is 12.0. The Labute approximate surface area is 153 Å². The Morgan fingerprint density at radius 2 is 1.15 bits per heavy atom. The number of carboxylic acids is 1. The van der Waals surface area contributed by atoms with Crippen molar-refractivity contribution < 1.29 is 14.6 Å². The number of carboxylic acid groups (broad SMARTS) is 1. The van der Waals surface area contributed by atoms with Crippen LogP contribution in [0.2, 0.25) is 0 Å². The van der Waals surface area contributed by atoms with Gasteiger partial charge in [-0.1, -0.05) is 91.0 Å². The van der Waals surface area contributed by atoms with Crippen LogP contribution < -0.4 is 0 Å². The molecule has 0 aromatic heterocycles. The van der Waals surface area contributed by atoms with E-state index in [1.165, 1.54) is 0 Å². The highest BCUT2D eigenvalue weighted by molar-refractivity contribution is 5.76. The van der Waals surface area contributed by atoms with Crippen LogP contribution in [0.3, 0.4) is 0 Å². The van der Waals surface area contributed by atoms with Crippen molar-refractivity contribution in [3.63, 3.8) is 0 Å². The summed E-state index contributed by atoms with van der Waals surface area (Å²) < 4.78 is 6.15. The molecule has 3 rings (SSSR count). The Hall–Kier alpha value is -2.91. The third-order valence-corrected chi connectivity index (χ3v) is 4.40. The van der Waals surface area contributed by atoms with Crippen molar-refractivity contribution >= 4 is 5.97 Å². The SMILES string of the molecule is O=C(O)C(CCOC(c1ccccc1)c1ccccc1)c1ccccc1. The highest BCUT2D eigenvalue weighted by atomic mass is 16.5. The van der Waals surface area contributed by atoms with Gasteiger partial charge in [-0.2, -0.15) is 0 Å². The van der Waals surface area contributed by atoms with E-state index in [0.29, 0.717) is 13.0 Å². The maximum Gasteiger partial charge on any atom is 0.311 e. The lowest BCUT2D eigenvalue weighted by molar-refractivity contribution is -0.139. The van der Waals surface area contributed by atoms with Gasteiger partial charge in [0.1, 0.15) is 6.10 Å². The van der Waals surface area contributed by atoms with Gasteiger partial charge in [0.25, 0.3) is 0 Å². The Kier molecular flexibility index (Phi) is 6.18. The second-order valence-corrected chi connectivity index (χ2v) is 6.16. The Morgan fingerprint density at radius 1 is 0.731 bits per heavy atom. The number of benzene rings is 3. The van der Waals surface area contributed by atoms with Crippen LogP contribution in [0.1, 0.15) is 35.1 Å². The Balaban J connectivity index is 1.73. The van der Waals surface area contributed by atoms with Crippen molar-refractivity contribution in [2.75, 3.05) is 6.61 Å². The van der Waals surface area contributed by atoms with Crippen molar-refractivity contribution in [1.29, 1.82) is 0 Å². The third-order valence-electron chi connectivity index (χ3n) is 4.40. The van der Waals surface area contributed by atoms with Crippen LogP contribution in [-0.4, -0.2) is 17.7 Å². The molecule has 1 atom stereocenters. The van der Waals surface area contributed by atoms with Crippen molar-refractivity contribution in [3.8, 4) is 0 Å². The van der Waals surface area contributed by atoms with Crippen LogP contribution in [-0.2, 0) is 9.53 Å². The van der Waals surface area contributed by atoms with Gasteiger partial charge in [-0.05, 0) is 23.1 Å². The topological polar surface area (TPSA) is 46.5 Å². The van der Waals surface area contributed by atoms with Crippen LogP contribution in [0.5, 0.6) is 0 Å². The van der Waals surface area contributed by atoms with Gasteiger partial charge < -0.3 is 9.84 Å². The van der Waals surface area contributed by atoms with Gasteiger partial charge in [-0.3, -0.25) is 4.79 Å². The number of ether oxygens (including phenoxy) is 1. The molecule has 3 aromatic rings. The zero-order chi connectivity index (χ0) is 18.2. The first kappa shape index (κ1) is 17.9. The average molecular weight is 346 g/mol. The summed E-state index contributed by atoms with van der Waals surface area (Å²) >= 11 is 0. The van der Waals surface area contributed by atoms with E-state index >= 15 is 0 Å². The second kappa shape index (κ2) is 8.97. The Morgan fingerprint density at radius 3 is 1.58 bits per heavy atom. The fourth-order valence-electron chi connectivity index (χ4n) is 3.06. The summed E-state index contributed by atoms with van der Waals surface area (Å²) in [6.07, 6.45) is 0.220. The standard InChI is InChI=1S/C23H22O3/c24-23(25)21(18-10-4-1-5-11-18)16-17-26-22(19-12-6-2-7-13-19)20-14-8-3-9-15-20/h1-15,21-22H,16-17H2,(H,24,25). The van der Waals surface area contributed by atoms with Gasteiger partial charge in [0.2, 0.25) is 0 Å². The molecule has 0 aliphatic heterocycles. The molecule has 0 heterocycles. The molecule has 0 radical (unpaired) electrons. The molecule has 0 amide bonds. The summed E-state index contributed by atoms with van der Waals surface area (Å²) in [6.45, 7) is 0.361. The molecule has 0 saturated carbocycles. The van der Waals surface area contributed by atoms with Crippen LogP contribution in [0, 0.1) is 0 Å². The lowest BCUT2D eigenvalue weighted by atomic mass is 9.96. The predicted octanol–water partition coefficient (Wildman–Crippen LogP) is 5.05. The van der Waals surface area contributed by atoms with Crippen LogP contribution in [0.25, 0.3) is 0 Å². The van der Waals surface area contributed by atoms with E-state index in [9.17, 15) is 9.90 Å². The lowest BCUT2D eigenvalue weighted by Gasteiger charge is -2.20. The fourth-order valence-corrected chi connectivity index (χ4v) is 3.06. The molecule has 0 aliphatic rings. The maximum atomic E-state index is 11.7. The third kappa shape index (κ3) is 4.58. The van der Waals surface area contributed by atoms with Crippen molar-refractivity contribution in [2.24, 2.45) is 0 Å². The maximum absolute atomic E-state index is 11.7. The van der Waals surface area contributed by atoms with Crippen molar-refractivity contribution in [1.82, 2.24) is 0 Å². The molecule has 132 valence electrons. The molecule has 0 bridgehead atoms. The number of hydrogen-bond donors (Lipinski definition) is 1. The van der Waals surface area contributed by atoms with E-state index in [1.807, 2.05) is 91.0 Å². The van der Waals surface area contributed by atoms with Gasteiger partial charge in [0.05, 0.1) is 5.92 Å². The van der Waals surface area contributed by atoms with E-state index in [2.05, 4.69) is 0 Å². The first-order chi connectivity index (χ1) is 12.8. The van der Waals surface area contributed by atoms with Gasteiger partial charge in [0, 0.05) is 6.61 Å². The summed E-state index contributed by atoms with van der Waals surface area (Å²) in [5.74, 6) is -1.39. The molecule has 26 heavy (non-hydrogen) atoms. The quantitative estimate of drug-likeness (QED) is 0.621. The smallest absolute Gasteiger partial charge is 0.311 e. The van der Waals surface area contributed by atoms with E-state index < -0.39 is 11.9 Å². The van der Waals surface area contributed by atoms with Crippen LogP contribution in [0.15, 0.2) is 91.0 Å². The van der Waals surface area contributed by atoms with Crippen LogP contribution >= 0.6 is 0 Å². The van der Waals surface area contributed by atoms with E-state index in [-0.39, 0.29) is 6.10 Å². The molecule has 3 heteroatoms. The minimum Gasteiger partial charge on any atom is -0.481 e. The van der Waals surface area contributed by atoms with Gasteiger partial charge in [-0.15, -0.1) is 0 Å². The minimum atomic E-state index is -0.823. The van der Waals surface area contributed by atoms with E-state index in [0.717, 1.165) is 16.7 Å². The highest BCUT2D eigenvalue weighted by Gasteiger charge is 2.21. The zero-order valence-corrected chi connectivity index (χ0v) is 14.5. The van der Waals surface area contributed by atoms with E-state index in [4.69, 9.17) is 4.74 Å². The lowest BCUT2D eigenvalue weighted by Crippen LogP contribution is -2.16. The number of rotatable bonds is 8. The molecular weight excluding hydrogens is 324 g/mol. The number of carbonyl (C=O) groups is 1. The summed E-state index contributed by atoms with van der Waals surface area (Å²) in [6, 6.07) is 29.3. The molecule has 1 unspecified atom stereocenters. The molecule has 3 nitrogen and oxygen atoms in total. The average Bonchev–Trinajstić information content (AvgIpc) is 2.70. The summed E-state index contributed by atoms with van der Waals surface area (Å²) in [7, 11) is 0. The first-order valence-electron chi connectivity index (χ1n) is 8.75. The molecule has 0 spiro atoms. The highest BCUT2D eigenvalue weighted by Crippen LogP contribution is 2.27. The minimum absolute atomic E-state index is 0.206. The number of hydrogen-bond acceptors (Lipinski definition) is 2. The van der Waals surface area contributed by atoms with Crippen molar-refractivity contribution in [3.05, 3.63) is 108 Å². The van der Waals surface area contributed by atoms with Crippen molar-refractivity contribution in [2.45, 2.75) is 18.4 Å². The molecule has 1 N–H and O–H groups in total. The largest absolute Gasteiger partial charge is 0.481 e. The summed E-state index contributed by atoms with van der Waals surface area (Å²) in [5.41, 5.74) is 2.93. The molecule has 0 aliphatic carbocycles. The first-order valence-corrected chi connectivity index (χ1v) is 8.75. The summed E-state index contributed by atoms with van der Waals surface area (Å²) in [5, 5.41) is 9.57. The predicted molar refractivity (Wildman–Crippen MR) is 102 cm³/mol. The molecular formula is C23H22O3. The van der Waals surface area contributed by atoms with Gasteiger partial charge in [0.15, 0.2) is 0 Å². The van der Waals surface area contributed by atoms with Gasteiger partial charge in [-0.25, -0.2) is 0 Å². The summed E-state index contributed by atoms with van der Waals surface area (Å²) in [4.78, 5) is 11.7. The van der Waals surface area contributed by atoms with E-state index in [1.54, 1.807) is 0 Å². The molecule has 3 aromatic carbocycles. The fraction of sp³-hybridized carbons (Fsp3) is 0.174. The molecule has 0 saturated heterocycles. The second-order valence-electron chi connectivity index (χ2n) is 6.16. The van der Waals surface area contributed by atoms with Gasteiger partial charge >= 0.3 is 5.97 Å². The number of aliphatic carboxylic acids is 1. The zero-order valence-electron chi connectivity index (χ0n) is 14.5.